The molecule has 4 rings (SSSR count). The van der Waals surface area contributed by atoms with Gasteiger partial charge in [0.1, 0.15) is 12.6 Å². The lowest BCUT2D eigenvalue weighted by molar-refractivity contribution is -0.139. The van der Waals surface area contributed by atoms with Crippen molar-refractivity contribution in [2.24, 2.45) is 5.41 Å². The SMILES string of the molecule is CNC(=O)C1CC2(CCN(c3ccc(C#N)c(C(F)(F)F)c3)CC2)CN1C(=O)Cn1cc(C)cn1. The van der Waals surface area contributed by atoms with E-state index in [2.05, 4.69) is 10.4 Å². The van der Waals surface area contributed by atoms with Crippen molar-refractivity contribution < 1.29 is 22.8 Å². The molecule has 2 amide bonds. The number of nitrogens with zero attached hydrogens (tertiary/aromatic N) is 5. The molecule has 2 aliphatic rings. The Morgan fingerprint density at radius 1 is 1.29 bits per heavy atom. The maximum atomic E-state index is 13.4. The second kappa shape index (κ2) is 9.24. The predicted octanol–water partition coefficient (Wildman–Crippen LogP) is 2.72. The van der Waals surface area contributed by atoms with Gasteiger partial charge in [0.15, 0.2) is 0 Å². The highest BCUT2D eigenvalue weighted by Crippen LogP contribution is 2.45. The summed E-state index contributed by atoms with van der Waals surface area (Å²) in [5.74, 6) is -0.417. The summed E-state index contributed by atoms with van der Waals surface area (Å²) in [6.45, 7) is 3.31. The predicted molar refractivity (Wildman–Crippen MR) is 121 cm³/mol. The second-order valence-electron chi connectivity index (χ2n) is 9.40. The quantitative estimate of drug-likeness (QED) is 0.714. The molecule has 11 heteroatoms. The van der Waals surface area contributed by atoms with Crippen molar-refractivity contribution >= 4 is 17.5 Å². The summed E-state index contributed by atoms with van der Waals surface area (Å²) in [4.78, 5) is 29.2. The van der Waals surface area contributed by atoms with Gasteiger partial charge in [-0.05, 0) is 55.4 Å². The molecule has 2 aromatic rings. The first-order valence-corrected chi connectivity index (χ1v) is 11.4. The molecule has 2 aliphatic heterocycles. The van der Waals surface area contributed by atoms with Crippen LogP contribution in [0.25, 0.3) is 0 Å². The molecule has 1 N–H and O–H groups in total. The fourth-order valence-corrected chi connectivity index (χ4v) is 5.16. The van der Waals surface area contributed by atoms with Gasteiger partial charge in [0, 0.05) is 38.6 Å². The van der Waals surface area contributed by atoms with Gasteiger partial charge >= 0.3 is 6.18 Å². The summed E-state index contributed by atoms with van der Waals surface area (Å²) in [5, 5.41) is 15.9. The van der Waals surface area contributed by atoms with Gasteiger partial charge in [0.2, 0.25) is 11.8 Å². The zero-order valence-corrected chi connectivity index (χ0v) is 19.6. The fraction of sp³-hybridized carbons (Fsp3) is 0.500. The number of amides is 2. The van der Waals surface area contributed by atoms with Gasteiger partial charge in [-0.25, -0.2) is 0 Å². The molecule has 0 saturated carbocycles. The monoisotopic (exact) mass is 488 g/mol. The van der Waals surface area contributed by atoms with Crippen molar-refractivity contribution in [3.63, 3.8) is 0 Å². The van der Waals surface area contributed by atoms with Crippen LogP contribution in [0.1, 0.15) is 36.0 Å². The first-order chi connectivity index (χ1) is 16.5. The lowest BCUT2D eigenvalue weighted by atomic mass is 9.76. The van der Waals surface area contributed by atoms with E-state index >= 15 is 0 Å². The van der Waals surface area contributed by atoms with Crippen molar-refractivity contribution in [1.82, 2.24) is 20.0 Å². The minimum Gasteiger partial charge on any atom is -0.371 e. The Hall–Kier alpha value is -3.55. The van der Waals surface area contributed by atoms with Crippen LogP contribution in [0.3, 0.4) is 0 Å². The summed E-state index contributed by atoms with van der Waals surface area (Å²) >= 11 is 0. The number of rotatable bonds is 4. The Balaban J connectivity index is 1.49. The lowest BCUT2D eigenvalue weighted by Crippen LogP contribution is -2.46. The van der Waals surface area contributed by atoms with Crippen LogP contribution in [0.5, 0.6) is 0 Å². The van der Waals surface area contributed by atoms with Crippen LogP contribution in [0.15, 0.2) is 30.6 Å². The highest BCUT2D eigenvalue weighted by atomic mass is 19.4. The maximum Gasteiger partial charge on any atom is 0.417 e. The zero-order valence-electron chi connectivity index (χ0n) is 19.6. The number of aryl methyl sites for hydroxylation is 1. The van der Waals surface area contributed by atoms with Crippen molar-refractivity contribution in [3.05, 3.63) is 47.3 Å². The van der Waals surface area contributed by atoms with E-state index in [4.69, 9.17) is 5.26 Å². The van der Waals surface area contributed by atoms with E-state index in [0.29, 0.717) is 44.6 Å². The molecule has 0 radical (unpaired) electrons. The molecule has 35 heavy (non-hydrogen) atoms. The molecule has 186 valence electrons. The molecule has 1 aromatic carbocycles. The lowest BCUT2D eigenvalue weighted by Gasteiger charge is -2.40. The third-order valence-electron chi connectivity index (χ3n) is 7.06. The number of hydrogen-bond acceptors (Lipinski definition) is 5. The molecule has 1 unspecified atom stereocenters. The van der Waals surface area contributed by atoms with Crippen LogP contribution in [-0.2, 0) is 22.3 Å². The van der Waals surface area contributed by atoms with Crippen molar-refractivity contribution in [3.8, 4) is 6.07 Å². The van der Waals surface area contributed by atoms with Crippen molar-refractivity contribution in [2.45, 2.75) is 44.9 Å². The third-order valence-corrected chi connectivity index (χ3v) is 7.06. The number of carbonyl (C=O) groups excluding carboxylic acids is 2. The number of halogens is 3. The van der Waals surface area contributed by atoms with E-state index < -0.39 is 23.3 Å². The maximum absolute atomic E-state index is 13.4. The average Bonchev–Trinajstić information content (AvgIpc) is 3.41. The average molecular weight is 489 g/mol. The number of piperidine rings is 1. The number of nitrogens with one attached hydrogen (secondary N) is 1. The number of nitriles is 1. The number of hydrogen-bond donors (Lipinski definition) is 1. The molecule has 1 spiro atoms. The largest absolute Gasteiger partial charge is 0.417 e. The van der Waals surface area contributed by atoms with Gasteiger partial charge in [0.25, 0.3) is 0 Å². The Labute approximate surface area is 201 Å². The zero-order chi connectivity index (χ0) is 25.4. The summed E-state index contributed by atoms with van der Waals surface area (Å²) in [7, 11) is 1.54. The smallest absolute Gasteiger partial charge is 0.371 e. The van der Waals surface area contributed by atoms with E-state index in [-0.39, 0.29) is 23.8 Å². The third kappa shape index (κ3) is 4.97. The summed E-state index contributed by atoms with van der Waals surface area (Å²) in [6.07, 6.45) is 0.588. The summed E-state index contributed by atoms with van der Waals surface area (Å²) < 4.78 is 41.8. The van der Waals surface area contributed by atoms with Gasteiger partial charge in [-0.2, -0.15) is 23.5 Å². The van der Waals surface area contributed by atoms with Gasteiger partial charge < -0.3 is 15.1 Å². The van der Waals surface area contributed by atoms with E-state index in [0.717, 1.165) is 11.6 Å². The van der Waals surface area contributed by atoms with Crippen LogP contribution < -0.4 is 10.2 Å². The van der Waals surface area contributed by atoms with Gasteiger partial charge in [0.05, 0.1) is 23.4 Å². The van der Waals surface area contributed by atoms with Crippen molar-refractivity contribution in [2.75, 3.05) is 31.6 Å². The molecule has 2 fully saturated rings. The topological polar surface area (TPSA) is 94.3 Å². The first kappa shape index (κ1) is 24.6. The normalized spacial score (nSPS) is 19.6. The highest BCUT2D eigenvalue weighted by Gasteiger charge is 2.49. The van der Waals surface area contributed by atoms with Gasteiger partial charge in [-0.15, -0.1) is 0 Å². The van der Waals surface area contributed by atoms with Crippen LogP contribution in [0, 0.1) is 23.7 Å². The van der Waals surface area contributed by atoms with Crippen LogP contribution >= 0.6 is 0 Å². The van der Waals surface area contributed by atoms with Gasteiger partial charge in [-0.3, -0.25) is 14.3 Å². The number of anilines is 1. The molecule has 3 heterocycles. The van der Waals surface area contributed by atoms with E-state index in [1.165, 1.54) is 12.1 Å². The van der Waals surface area contributed by atoms with Crippen LogP contribution in [-0.4, -0.2) is 59.2 Å². The first-order valence-electron chi connectivity index (χ1n) is 11.4. The fourth-order valence-electron chi connectivity index (χ4n) is 5.16. The van der Waals surface area contributed by atoms with Crippen LogP contribution in [0.2, 0.25) is 0 Å². The summed E-state index contributed by atoms with van der Waals surface area (Å²) in [5.41, 5.74) is -0.288. The molecular weight excluding hydrogens is 461 g/mol. The number of aromatic nitrogens is 2. The van der Waals surface area contributed by atoms with E-state index in [1.54, 1.807) is 35.1 Å². The molecule has 1 atom stereocenters. The minimum absolute atomic E-state index is 0.0367. The summed E-state index contributed by atoms with van der Waals surface area (Å²) in [6, 6.07) is 4.78. The molecule has 2 saturated heterocycles. The Morgan fingerprint density at radius 3 is 2.57 bits per heavy atom. The number of alkyl halides is 3. The van der Waals surface area contributed by atoms with E-state index in [1.807, 2.05) is 11.8 Å². The minimum atomic E-state index is -4.61. The molecule has 1 aromatic heterocycles. The standard InChI is InChI=1S/C24H27F3N6O2/c1-16-12-30-32(13-16)14-21(34)33-15-23(10-20(33)22(35)29-2)5-7-31(8-6-23)18-4-3-17(11-28)19(9-18)24(25,26)27/h3-4,9,12-13,20H,5-8,10,14-15H2,1-2H3,(H,29,35). The number of likely N-dealkylation sites (tertiary alicyclic amines) is 1. The molecule has 8 nitrogen and oxygen atoms in total. The van der Waals surface area contributed by atoms with E-state index in [9.17, 15) is 22.8 Å². The number of carbonyl (C=O) groups is 2. The second-order valence-corrected chi connectivity index (χ2v) is 9.40. The number of benzene rings is 1. The Morgan fingerprint density at radius 2 is 2.00 bits per heavy atom. The Kier molecular flexibility index (Phi) is 6.49. The Bertz CT molecular complexity index is 1160. The molecule has 0 bridgehead atoms. The highest BCUT2D eigenvalue weighted by molar-refractivity contribution is 5.88. The molecule has 0 aliphatic carbocycles. The number of likely N-dealkylation sites (N-methyl/N-ethyl adjacent to an activating group) is 1. The van der Waals surface area contributed by atoms with Gasteiger partial charge in [-0.1, -0.05) is 0 Å². The molecular formula is C24H27F3N6O2. The van der Waals surface area contributed by atoms with Crippen molar-refractivity contribution in [1.29, 1.82) is 5.26 Å². The van der Waals surface area contributed by atoms with Crippen LogP contribution in [0.4, 0.5) is 18.9 Å².